The molecular weight excluding hydrogens is 234 g/mol. The number of carbonyl (C=O) groups is 1. The highest BCUT2D eigenvalue weighted by molar-refractivity contribution is 5.91. The third-order valence-electron chi connectivity index (χ3n) is 4.10. The molecule has 2 aliphatic carbocycles. The smallest absolute Gasteiger partial charge is 0.153 e. The van der Waals surface area contributed by atoms with Crippen LogP contribution in [0.25, 0.3) is 0 Å². The number of rotatable bonds is 3. The van der Waals surface area contributed by atoms with Crippen LogP contribution in [-0.4, -0.2) is 11.3 Å². The molecule has 1 aromatic rings. The number of ketones is 1. The molecule has 0 spiro atoms. The Morgan fingerprint density at radius 1 is 1.29 bits per heavy atom. The van der Waals surface area contributed by atoms with E-state index in [2.05, 4.69) is 17.4 Å². The molecule has 3 heteroatoms. The van der Waals surface area contributed by atoms with E-state index in [0.29, 0.717) is 11.7 Å². The summed E-state index contributed by atoms with van der Waals surface area (Å²) in [5.41, 5.74) is 1.10. The Hall–Kier alpha value is -0.860. The van der Waals surface area contributed by atoms with E-state index in [9.17, 15) is 4.79 Å². The van der Waals surface area contributed by atoms with Gasteiger partial charge in [0.2, 0.25) is 0 Å². The van der Waals surface area contributed by atoms with Gasteiger partial charge >= 0.3 is 0 Å². The lowest BCUT2D eigenvalue weighted by molar-refractivity contribution is -0.124. The van der Waals surface area contributed by atoms with Gasteiger partial charge in [-0.05, 0) is 30.7 Å². The van der Waals surface area contributed by atoms with Crippen LogP contribution >= 0.6 is 12.4 Å². The second-order valence-electron chi connectivity index (χ2n) is 5.16. The molecule has 2 aliphatic rings. The van der Waals surface area contributed by atoms with Crippen molar-refractivity contribution in [1.29, 1.82) is 0 Å². The molecule has 0 amide bonds. The Morgan fingerprint density at radius 2 is 2.06 bits per heavy atom. The van der Waals surface area contributed by atoms with E-state index in [1.165, 1.54) is 12.0 Å². The van der Waals surface area contributed by atoms with Gasteiger partial charge in [0.1, 0.15) is 0 Å². The van der Waals surface area contributed by atoms with Crippen molar-refractivity contribution < 1.29 is 4.79 Å². The summed E-state index contributed by atoms with van der Waals surface area (Å²) in [5.74, 6) is 1.11. The highest BCUT2D eigenvalue weighted by Crippen LogP contribution is 2.45. The number of benzene rings is 1. The predicted octanol–water partition coefficient (Wildman–Crippen LogP) is 2.71. The van der Waals surface area contributed by atoms with E-state index in [1.807, 2.05) is 18.2 Å². The molecule has 2 unspecified atom stereocenters. The lowest BCUT2D eigenvalue weighted by atomic mass is 9.92. The van der Waals surface area contributed by atoms with E-state index in [-0.39, 0.29) is 17.9 Å². The maximum absolute atomic E-state index is 11.9. The molecule has 0 aromatic heterocycles. The molecule has 3 rings (SSSR count). The quantitative estimate of drug-likeness (QED) is 0.895. The second kappa shape index (κ2) is 4.79. The molecule has 17 heavy (non-hydrogen) atoms. The van der Waals surface area contributed by atoms with Crippen molar-refractivity contribution in [1.82, 2.24) is 5.32 Å². The van der Waals surface area contributed by atoms with Gasteiger partial charge in [-0.2, -0.15) is 0 Å². The molecule has 1 N–H and O–H groups in total. The fourth-order valence-corrected chi connectivity index (χ4v) is 3.16. The van der Waals surface area contributed by atoms with E-state index < -0.39 is 0 Å². The Labute approximate surface area is 108 Å². The fourth-order valence-electron chi connectivity index (χ4n) is 3.16. The minimum Gasteiger partial charge on any atom is -0.301 e. The zero-order valence-corrected chi connectivity index (χ0v) is 10.6. The zero-order chi connectivity index (χ0) is 11.0. The number of hydrogen-bond donors (Lipinski definition) is 1. The molecule has 0 aliphatic heterocycles. The summed E-state index contributed by atoms with van der Waals surface area (Å²) in [7, 11) is 0. The lowest BCUT2D eigenvalue weighted by Crippen LogP contribution is -2.47. The normalized spacial score (nSPS) is 30.4. The molecule has 2 fully saturated rings. The summed E-state index contributed by atoms with van der Waals surface area (Å²) in [5, 5.41) is 3.50. The van der Waals surface area contributed by atoms with Gasteiger partial charge in [-0.1, -0.05) is 30.3 Å². The summed E-state index contributed by atoms with van der Waals surface area (Å²) in [6, 6.07) is 10.3. The lowest BCUT2D eigenvalue weighted by Gasteiger charge is -2.26. The van der Waals surface area contributed by atoms with Gasteiger partial charge in [0.25, 0.3) is 0 Å². The number of hydrogen-bond acceptors (Lipinski definition) is 2. The highest BCUT2D eigenvalue weighted by atomic mass is 35.5. The number of nitrogens with one attached hydrogen (secondary N) is 1. The summed E-state index contributed by atoms with van der Waals surface area (Å²) in [4.78, 5) is 11.9. The fraction of sp³-hybridized carbons (Fsp3) is 0.500. The maximum Gasteiger partial charge on any atom is 0.153 e. The van der Waals surface area contributed by atoms with Crippen LogP contribution in [0.1, 0.15) is 31.2 Å². The standard InChI is InChI=1S/C14H17NO.ClH/c16-13-8-12-6-7-14(13,9-12)15-10-11-4-2-1-3-5-11;/h1-5,12,15H,6-10H2;1H. The Balaban J connectivity index is 0.00000108. The van der Waals surface area contributed by atoms with E-state index >= 15 is 0 Å². The molecule has 2 bridgehead atoms. The molecule has 2 nitrogen and oxygen atoms in total. The van der Waals surface area contributed by atoms with Crippen molar-refractivity contribution in [3.05, 3.63) is 35.9 Å². The van der Waals surface area contributed by atoms with Gasteiger partial charge in [0.15, 0.2) is 5.78 Å². The number of halogens is 1. The van der Waals surface area contributed by atoms with E-state index in [0.717, 1.165) is 25.8 Å². The molecule has 2 atom stereocenters. The third-order valence-corrected chi connectivity index (χ3v) is 4.10. The third kappa shape index (κ3) is 2.24. The number of fused-ring (bicyclic) bond motifs is 2. The first kappa shape index (κ1) is 12.6. The summed E-state index contributed by atoms with van der Waals surface area (Å²) >= 11 is 0. The summed E-state index contributed by atoms with van der Waals surface area (Å²) in [6.07, 6.45) is 4.15. The van der Waals surface area contributed by atoms with Gasteiger partial charge in [-0.3, -0.25) is 4.79 Å². The number of Topliss-reactive ketones (excluding diaryl/α,β-unsaturated/α-hetero) is 1. The Morgan fingerprint density at radius 3 is 2.65 bits per heavy atom. The summed E-state index contributed by atoms with van der Waals surface area (Å²) in [6.45, 7) is 0.819. The van der Waals surface area contributed by atoms with Crippen molar-refractivity contribution >= 4 is 18.2 Å². The van der Waals surface area contributed by atoms with Crippen LogP contribution in [-0.2, 0) is 11.3 Å². The van der Waals surface area contributed by atoms with Crippen LogP contribution in [0.2, 0.25) is 0 Å². The Bertz CT molecular complexity index is 406. The largest absolute Gasteiger partial charge is 0.301 e. The molecule has 92 valence electrons. The highest BCUT2D eigenvalue weighted by Gasteiger charge is 2.51. The van der Waals surface area contributed by atoms with Crippen LogP contribution < -0.4 is 5.32 Å². The van der Waals surface area contributed by atoms with Crippen molar-refractivity contribution in [3.63, 3.8) is 0 Å². The van der Waals surface area contributed by atoms with Gasteiger partial charge in [0.05, 0.1) is 5.54 Å². The van der Waals surface area contributed by atoms with Crippen LogP contribution in [0.4, 0.5) is 0 Å². The SMILES string of the molecule is Cl.O=C1CC2CCC1(NCc1ccccc1)C2. The minimum absolute atomic E-state index is 0. The topological polar surface area (TPSA) is 29.1 Å². The molecule has 2 saturated carbocycles. The predicted molar refractivity (Wildman–Crippen MR) is 70.2 cm³/mol. The molecule has 0 saturated heterocycles. The van der Waals surface area contributed by atoms with Gasteiger partial charge < -0.3 is 5.32 Å². The molecule has 1 aromatic carbocycles. The van der Waals surface area contributed by atoms with Crippen LogP contribution in [0.3, 0.4) is 0 Å². The Kier molecular flexibility index (Phi) is 3.55. The first-order valence-electron chi connectivity index (χ1n) is 6.11. The van der Waals surface area contributed by atoms with E-state index in [4.69, 9.17) is 0 Å². The van der Waals surface area contributed by atoms with Crippen LogP contribution in [0.15, 0.2) is 30.3 Å². The average Bonchev–Trinajstić information content (AvgIpc) is 2.85. The second-order valence-corrected chi connectivity index (χ2v) is 5.16. The summed E-state index contributed by atoms with van der Waals surface area (Å²) < 4.78 is 0. The molecule has 0 heterocycles. The van der Waals surface area contributed by atoms with Crippen molar-refractivity contribution in [2.45, 2.75) is 37.8 Å². The van der Waals surface area contributed by atoms with Gasteiger partial charge in [0, 0.05) is 13.0 Å². The average molecular weight is 252 g/mol. The van der Waals surface area contributed by atoms with E-state index in [1.54, 1.807) is 0 Å². The first-order valence-corrected chi connectivity index (χ1v) is 6.11. The monoisotopic (exact) mass is 251 g/mol. The number of carbonyl (C=O) groups excluding carboxylic acids is 1. The zero-order valence-electron chi connectivity index (χ0n) is 9.82. The molecule has 0 radical (unpaired) electrons. The van der Waals surface area contributed by atoms with Gasteiger partial charge in [-0.15, -0.1) is 12.4 Å². The first-order chi connectivity index (χ1) is 7.78. The molecular formula is C14H18ClNO. The van der Waals surface area contributed by atoms with Crippen LogP contribution in [0.5, 0.6) is 0 Å². The van der Waals surface area contributed by atoms with Crippen molar-refractivity contribution in [2.75, 3.05) is 0 Å². The minimum atomic E-state index is -0.166. The van der Waals surface area contributed by atoms with Crippen molar-refractivity contribution in [2.24, 2.45) is 5.92 Å². The maximum atomic E-state index is 11.9. The van der Waals surface area contributed by atoms with Gasteiger partial charge in [-0.25, -0.2) is 0 Å². The van der Waals surface area contributed by atoms with Crippen LogP contribution in [0, 0.1) is 5.92 Å². The van der Waals surface area contributed by atoms with Crippen molar-refractivity contribution in [3.8, 4) is 0 Å².